The molecule has 1 aromatic carbocycles. The molecule has 0 unspecified atom stereocenters. The van der Waals surface area contributed by atoms with Crippen molar-refractivity contribution in [3.8, 4) is 0 Å². The number of carbonyl (C=O) groups excluding carboxylic acids is 3. The number of benzene rings is 1. The Morgan fingerprint density at radius 3 is 2.43 bits per heavy atom. The van der Waals surface area contributed by atoms with Crippen LogP contribution in [0, 0.1) is 12.8 Å². The van der Waals surface area contributed by atoms with Crippen LogP contribution in [0.2, 0.25) is 0 Å². The fourth-order valence-corrected chi connectivity index (χ4v) is 4.32. The number of nitrogens with one attached hydrogen (secondary N) is 1. The van der Waals surface area contributed by atoms with E-state index in [9.17, 15) is 14.4 Å². The Kier molecular flexibility index (Phi) is 7.85. The van der Waals surface area contributed by atoms with Gasteiger partial charge in [0.05, 0.1) is 19.2 Å². The zero-order valence-electron chi connectivity index (χ0n) is 18.1. The largest absolute Gasteiger partial charge is 0.465 e. The van der Waals surface area contributed by atoms with Crippen molar-refractivity contribution in [3.05, 3.63) is 29.3 Å². The molecule has 2 fully saturated rings. The topological polar surface area (TPSA) is 79.0 Å². The van der Waals surface area contributed by atoms with Gasteiger partial charge >= 0.3 is 5.97 Å². The van der Waals surface area contributed by atoms with Crippen LogP contribution in [0.5, 0.6) is 0 Å². The molecular formula is C23H33N3O4. The van der Waals surface area contributed by atoms with Gasteiger partial charge in [0.25, 0.3) is 0 Å². The summed E-state index contributed by atoms with van der Waals surface area (Å²) in [5, 5.41) is 2.90. The fourth-order valence-electron chi connectivity index (χ4n) is 4.32. The van der Waals surface area contributed by atoms with Crippen molar-refractivity contribution >= 4 is 23.5 Å². The predicted molar refractivity (Wildman–Crippen MR) is 115 cm³/mol. The number of hydrogen-bond acceptors (Lipinski definition) is 5. The number of methoxy groups -OCH3 is 1. The van der Waals surface area contributed by atoms with Crippen molar-refractivity contribution in [2.75, 3.05) is 45.2 Å². The zero-order valence-corrected chi connectivity index (χ0v) is 18.1. The molecule has 0 aromatic heterocycles. The molecule has 7 heteroatoms. The minimum Gasteiger partial charge on any atom is -0.465 e. The molecule has 7 nitrogen and oxygen atoms in total. The van der Waals surface area contributed by atoms with Gasteiger partial charge in [-0.1, -0.05) is 25.3 Å². The van der Waals surface area contributed by atoms with Crippen LogP contribution in [0.3, 0.4) is 0 Å². The zero-order chi connectivity index (χ0) is 21.5. The summed E-state index contributed by atoms with van der Waals surface area (Å²) >= 11 is 0. The SMILES string of the molecule is COC(=O)c1ccc(C)c(NC(=O)CN2CCN(C(=O)CC3CCCCC3)CC2)c1. The van der Waals surface area contributed by atoms with Crippen LogP contribution in [0.15, 0.2) is 18.2 Å². The second-order valence-electron chi connectivity index (χ2n) is 8.43. The number of nitrogens with zero attached hydrogens (tertiary/aromatic N) is 2. The van der Waals surface area contributed by atoms with Crippen LogP contribution in [-0.4, -0.2) is 67.4 Å². The summed E-state index contributed by atoms with van der Waals surface area (Å²) < 4.78 is 4.74. The minimum absolute atomic E-state index is 0.123. The van der Waals surface area contributed by atoms with Gasteiger partial charge in [-0.05, 0) is 43.4 Å². The summed E-state index contributed by atoms with van der Waals surface area (Å²) in [4.78, 5) is 40.8. The molecule has 0 radical (unpaired) electrons. The quantitative estimate of drug-likeness (QED) is 0.723. The lowest BCUT2D eigenvalue weighted by Crippen LogP contribution is -2.50. The van der Waals surface area contributed by atoms with E-state index in [0.717, 1.165) is 5.56 Å². The lowest BCUT2D eigenvalue weighted by molar-refractivity contribution is -0.134. The maximum atomic E-state index is 12.6. The van der Waals surface area contributed by atoms with E-state index in [1.807, 2.05) is 11.8 Å². The van der Waals surface area contributed by atoms with Gasteiger partial charge in [0.15, 0.2) is 0 Å². The van der Waals surface area contributed by atoms with Gasteiger partial charge in [-0.15, -0.1) is 0 Å². The number of aryl methyl sites for hydroxylation is 1. The fraction of sp³-hybridized carbons (Fsp3) is 0.609. The first-order valence-corrected chi connectivity index (χ1v) is 10.9. The Balaban J connectivity index is 1.45. The van der Waals surface area contributed by atoms with Crippen molar-refractivity contribution < 1.29 is 19.1 Å². The van der Waals surface area contributed by atoms with Crippen LogP contribution >= 0.6 is 0 Å². The Labute approximate surface area is 178 Å². The molecule has 1 aromatic rings. The van der Waals surface area contributed by atoms with Crippen molar-refractivity contribution in [1.29, 1.82) is 0 Å². The molecule has 2 amide bonds. The van der Waals surface area contributed by atoms with Gasteiger partial charge in [-0.3, -0.25) is 14.5 Å². The van der Waals surface area contributed by atoms with E-state index >= 15 is 0 Å². The molecule has 1 heterocycles. The molecule has 0 atom stereocenters. The van der Waals surface area contributed by atoms with E-state index in [1.54, 1.807) is 18.2 Å². The molecule has 2 aliphatic rings. The number of piperazine rings is 1. The summed E-state index contributed by atoms with van der Waals surface area (Å²) in [5.41, 5.74) is 1.90. The van der Waals surface area contributed by atoms with Crippen LogP contribution in [0.4, 0.5) is 5.69 Å². The monoisotopic (exact) mass is 415 g/mol. The lowest BCUT2D eigenvalue weighted by Gasteiger charge is -2.35. The molecule has 0 spiro atoms. The highest BCUT2D eigenvalue weighted by atomic mass is 16.5. The second-order valence-corrected chi connectivity index (χ2v) is 8.43. The Morgan fingerprint density at radius 2 is 1.77 bits per heavy atom. The van der Waals surface area contributed by atoms with Crippen molar-refractivity contribution in [2.24, 2.45) is 5.92 Å². The highest BCUT2D eigenvalue weighted by Gasteiger charge is 2.25. The highest BCUT2D eigenvalue weighted by molar-refractivity contribution is 5.96. The Hall–Kier alpha value is -2.41. The van der Waals surface area contributed by atoms with Gasteiger partial charge in [0.2, 0.25) is 11.8 Å². The van der Waals surface area contributed by atoms with E-state index in [-0.39, 0.29) is 18.4 Å². The van der Waals surface area contributed by atoms with Crippen LogP contribution in [-0.2, 0) is 14.3 Å². The van der Waals surface area contributed by atoms with Crippen molar-refractivity contribution in [3.63, 3.8) is 0 Å². The second kappa shape index (κ2) is 10.6. The number of ether oxygens (including phenoxy) is 1. The average molecular weight is 416 g/mol. The number of hydrogen-bond donors (Lipinski definition) is 1. The van der Waals surface area contributed by atoms with Crippen molar-refractivity contribution in [1.82, 2.24) is 9.80 Å². The number of rotatable bonds is 6. The number of carbonyl (C=O) groups is 3. The van der Waals surface area contributed by atoms with E-state index in [4.69, 9.17) is 4.74 Å². The summed E-state index contributed by atoms with van der Waals surface area (Å²) in [6.45, 7) is 4.90. The molecular weight excluding hydrogens is 382 g/mol. The van der Waals surface area contributed by atoms with Crippen molar-refractivity contribution in [2.45, 2.75) is 45.4 Å². The van der Waals surface area contributed by atoms with Crippen LogP contribution in [0.25, 0.3) is 0 Å². The summed E-state index contributed by atoms with van der Waals surface area (Å²) in [7, 11) is 1.33. The molecule has 1 N–H and O–H groups in total. The molecule has 1 aliphatic heterocycles. The first kappa shape index (κ1) is 22.3. The van der Waals surface area contributed by atoms with E-state index in [1.165, 1.54) is 39.2 Å². The Bertz CT molecular complexity index is 766. The van der Waals surface area contributed by atoms with Gasteiger partial charge in [0.1, 0.15) is 0 Å². The molecule has 30 heavy (non-hydrogen) atoms. The van der Waals surface area contributed by atoms with Crippen LogP contribution in [0.1, 0.15) is 54.4 Å². The molecule has 164 valence electrons. The van der Waals surface area contributed by atoms with Crippen LogP contribution < -0.4 is 5.32 Å². The third-order valence-corrected chi connectivity index (χ3v) is 6.21. The lowest BCUT2D eigenvalue weighted by atomic mass is 9.86. The number of amides is 2. The minimum atomic E-state index is -0.431. The summed E-state index contributed by atoms with van der Waals surface area (Å²) in [5.74, 6) is 0.266. The first-order chi connectivity index (χ1) is 14.5. The number of esters is 1. The van der Waals surface area contributed by atoms with Gasteiger partial charge in [-0.2, -0.15) is 0 Å². The standard InChI is InChI=1S/C23H33N3O4/c1-17-8-9-19(23(29)30-2)15-20(17)24-21(27)16-25-10-12-26(13-11-25)22(28)14-18-6-4-3-5-7-18/h8-9,15,18H,3-7,10-14,16H2,1-2H3,(H,24,27). The highest BCUT2D eigenvalue weighted by Crippen LogP contribution is 2.27. The maximum Gasteiger partial charge on any atom is 0.337 e. The molecule has 1 saturated carbocycles. The molecule has 0 bridgehead atoms. The Morgan fingerprint density at radius 1 is 1.07 bits per heavy atom. The smallest absolute Gasteiger partial charge is 0.337 e. The maximum absolute atomic E-state index is 12.6. The first-order valence-electron chi connectivity index (χ1n) is 10.9. The third-order valence-electron chi connectivity index (χ3n) is 6.21. The molecule has 1 aliphatic carbocycles. The van der Waals surface area contributed by atoms with Gasteiger partial charge < -0.3 is 15.0 Å². The third kappa shape index (κ3) is 6.05. The molecule has 3 rings (SSSR count). The number of anilines is 1. The van der Waals surface area contributed by atoms with Gasteiger partial charge in [-0.25, -0.2) is 4.79 Å². The van der Waals surface area contributed by atoms with Gasteiger partial charge in [0, 0.05) is 38.3 Å². The van der Waals surface area contributed by atoms with E-state index < -0.39 is 5.97 Å². The predicted octanol–water partition coefficient (Wildman–Crippen LogP) is 2.83. The molecule has 1 saturated heterocycles. The van der Waals surface area contributed by atoms with E-state index in [2.05, 4.69) is 10.2 Å². The summed E-state index contributed by atoms with van der Waals surface area (Å²) in [6, 6.07) is 5.11. The summed E-state index contributed by atoms with van der Waals surface area (Å²) in [6.07, 6.45) is 6.85. The van der Waals surface area contributed by atoms with E-state index in [0.29, 0.717) is 49.8 Å². The average Bonchev–Trinajstić information content (AvgIpc) is 2.76. The normalized spacial score (nSPS) is 18.1.